The summed E-state index contributed by atoms with van der Waals surface area (Å²) in [5.41, 5.74) is 3.48. The molecule has 1 aromatic heterocycles. The second-order valence-electron chi connectivity index (χ2n) is 6.91. The number of carbonyl (C=O) groups is 1. The first-order valence-electron chi connectivity index (χ1n) is 9.30. The normalized spacial score (nSPS) is 15.1. The van der Waals surface area contributed by atoms with Crippen molar-refractivity contribution < 1.29 is 22.3 Å². The fraction of sp³-hybridized carbons (Fsp3) is 0.227. The molecule has 0 radical (unpaired) electrons. The number of nitrogens with zero attached hydrogens (tertiary/aromatic N) is 1. The third-order valence-electron chi connectivity index (χ3n) is 5.17. The Hall–Kier alpha value is -2.93. The summed E-state index contributed by atoms with van der Waals surface area (Å²) in [6.45, 7) is 3.85. The molecule has 150 valence electrons. The SMILES string of the molecule is CCOC(=O)Cn1c(C)c(C2=CCS(=O)(=O)c3ccccc32)c2cc(F)ccc21. The smallest absolute Gasteiger partial charge is 0.325 e. The average molecular weight is 413 g/mol. The Labute approximate surface area is 168 Å². The van der Waals surface area contributed by atoms with E-state index in [-0.39, 0.29) is 29.8 Å². The maximum absolute atomic E-state index is 14.1. The summed E-state index contributed by atoms with van der Waals surface area (Å²) in [4.78, 5) is 12.4. The van der Waals surface area contributed by atoms with Crippen LogP contribution in [0.25, 0.3) is 16.5 Å². The predicted octanol–water partition coefficient (Wildman–Crippen LogP) is 3.87. The highest BCUT2D eigenvalue weighted by Gasteiger charge is 2.28. The van der Waals surface area contributed by atoms with E-state index in [0.29, 0.717) is 16.5 Å². The summed E-state index contributed by atoms with van der Waals surface area (Å²) in [5.74, 6) is -0.910. The molecule has 1 aliphatic heterocycles. The van der Waals surface area contributed by atoms with Crippen LogP contribution < -0.4 is 0 Å². The van der Waals surface area contributed by atoms with E-state index in [1.807, 2.05) is 6.92 Å². The lowest BCUT2D eigenvalue weighted by molar-refractivity contribution is -0.143. The molecule has 0 aliphatic carbocycles. The van der Waals surface area contributed by atoms with Crippen LogP contribution in [-0.2, 0) is 25.9 Å². The zero-order valence-corrected chi connectivity index (χ0v) is 16.9. The molecule has 2 heterocycles. The summed E-state index contributed by atoms with van der Waals surface area (Å²) in [6, 6.07) is 11.2. The van der Waals surface area contributed by atoms with Gasteiger partial charge in [-0.3, -0.25) is 4.79 Å². The average Bonchev–Trinajstić information content (AvgIpc) is 2.94. The van der Waals surface area contributed by atoms with Gasteiger partial charge < -0.3 is 9.30 Å². The van der Waals surface area contributed by atoms with Gasteiger partial charge in [0.25, 0.3) is 0 Å². The van der Waals surface area contributed by atoms with E-state index >= 15 is 0 Å². The number of carbonyl (C=O) groups excluding carboxylic acids is 1. The van der Waals surface area contributed by atoms with Crippen molar-refractivity contribution in [3.63, 3.8) is 0 Å². The largest absolute Gasteiger partial charge is 0.465 e. The molecule has 3 aromatic rings. The molecule has 7 heteroatoms. The minimum absolute atomic E-state index is 0.00493. The molecule has 5 nitrogen and oxygen atoms in total. The van der Waals surface area contributed by atoms with Crippen LogP contribution in [0.15, 0.2) is 53.4 Å². The maximum atomic E-state index is 14.1. The van der Waals surface area contributed by atoms with Crippen LogP contribution in [0.1, 0.15) is 23.7 Å². The molecule has 1 aliphatic rings. The van der Waals surface area contributed by atoms with E-state index in [9.17, 15) is 17.6 Å². The molecule has 0 unspecified atom stereocenters. The van der Waals surface area contributed by atoms with Gasteiger partial charge in [-0.05, 0) is 43.7 Å². The molecule has 0 saturated carbocycles. The van der Waals surface area contributed by atoms with Gasteiger partial charge in [-0.2, -0.15) is 0 Å². The van der Waals surface area contributed by atoms with Crippen molar-refractivity contribution >= 4 is 32.3 Å². The van der Waals surface area contributed by atoms with Crippen LogP contribution in [0.5, 0.6) is 0 Å². The lowest BCUT2D eigenvalue weighted by Gasteiger charge is -2.19. The van der Waals surface area contributed by atoms with Gasteiger partial charge >= 0.3 is 5.97 Å². The number of ether oxygens (including phenoxy) is 1. The zero-order chi connectivity index (χ0) is 20.8. The molecule has 2 aromatic carbocycles. The lowest BCUT2D eigenvalue weighted by atomic mass is 9.95. The van der Waals surface area contributed by atoms with Gasteiger partial charge in [-0.15, -0.1) is 0 Å². The first-order chi connectivity index (χ1) is 13.8. The summed E-state index contributed by atoms with van der Waals surface area (Å²) < 4.78 is 46.0. The number of halogens is 1. The number of hydrogen-bond acceptors (Lipinski definition) is 4. The molecule has 0 fully saturated rings. The van der Waals surface area contributed by atoms with Crippen LogP contribution in [0.4, 0.5) is 4.39 Å². The molecular weight excluding hydrogens is 393 g/mol. The van der Waals surface area contributed by atoms with Gasteiger partial charge in [0.1, 0.15) is 12.4 Å². The Kier molecular flexibility index (Phi) is 4.78. The standard InChI is InChI=1S/C22H20FNO4S/c1-3-28-21(25)13-24-14(2)22(18-12-15(23)8-9-19(18)24)17-10-11-29(26,27)20-7-5-4-6-16(17)20/h4-10,12H,3,11,13H2,1-2H3. The van der Waals surface area contributed by atoms with Gasteiger partial charge in [-0.1, -0.05) is 24.3 Å². The second kappa shape index (κ2) is 7.15. The molecule has 0 amide bonds. The summed E-state index contributed by atoms with van der Waals surface area (Å²) in [6.07, 6.45) is 1.67. The molecule has 4 rings (SSSR count). The molecule has 0 saturated heterocycles. The molecule has 0 bridgehead atoms. The van der Waals surface area contributed by atoms with Gasteiger partial charge in [0.15, 0.2) is 9.84 Å². The van der Waals surface area contributed by atoms with Crippen molar-refractivity contribution in [2.45, 2.75) is 25.3 Å². The first-order valence-corrected chi connectivity index (χ1v) is 11.0. The van der Waals surface area contributed by atoms with E-state index in [4.69, 9.17) is 4.74 Å². The molecule has 0 N–H and O–H groups in total. The molecule has 0 atom stereocenters. The van der Waals surface area contributed by atoms with Crippen molar-refractivity contribution in [2.75, 3.05) is 12.4 Å². The van der Waals surface area contributed by atoms with Gasteiger partial charge in [0, 0.05) is 27.7 Å². The Morgan fingerprint density at radius 2 is 1.97 bits per heavy atom. The van der Waals surface area contributed by atoms with Crippen molar-refractivity contribution in [3.05, 3.63) is 71.2 Å². The van der Waals surface area contributed by atoms with Crippen LogP contribution in [-0.4, -0.2) is 31.3 Å². The number of benzene rings is 2. The summed E-state index contributed by atoms with van der Waals surface area (Å²) in [7, 11) is -3.41. The third kappa shape index (κ3) is 3.25. The van der Waals surface area contributed by atoms with Gasteiger partial charge in [-0.25, -0.2) is 12.8 Å². The number of esters is 1. The van der Waals surface area contributed by atoms with Crippen LogP contribution in [0.3, 0.4) is 0 Å². The molecule has 29 heavy (non-hydrogen) atoms. The molecule has 0 spiro atoms. The van der Waals surface area contributed by atoms with Crippen LogP contribution in [0.2, 0.25) is 0 Å². The van der Waals surface area contributed by atoms with Crippen molar-refractivity contribution in [1.29, 1.82) is 0 Å². The zero-order valence-electron chi connectivity index (χ0n) is 16.1. The van der Waals surface area contributed by atoms with Crippen molar-refractivity contribution in [1.82, 2.24) is 4.57 Å². The minimum Gasteiger partial charge on any atom is -0.465 e. The Morgan fingerprint density at radius 3 is 2.72 bits per heavy atom. The maximum Gasteiger partial charge on any atom is 0.325 e. The number of hydrogen-bond donors (Lipinski definition) is 0. The highest BCUT2D eigenvalue weighted by molar-refractivity contribution is 7.91. The summed E-state index contributed by atoms with van der Waals surface area (Å²) >= 11 is 0. The van der Waals surface area contributed by atoms with Gasteiger partial charge in [0.05, 0.1) is 17.3 Å². The van der Waals surface area contributed by atoms with E-state index in [1.165, 1.54) is 12.1 Å². The Balaban J connectivity index is 1.98. The fourth-order valence-electron chi connectivity index (χ4n) is 3.92. The molecular formula is C22H20FNO4S. The van der Waals surface area contributed by atoms with Crippen LogP contribution in [0, 0.1) is 12.7 Å². The first kappa shape index (κ1) is 19.4. The van der Waals surface area contributed by atoms with Crippen molar-refractivity contribution in [3.8, 4) is 0 Å². The monoisotopic (exact) mass is 413 g/mol. The topological polar surface area (TPSA) is 65.4 Å². The highest BCUT2D eigenvalue weighted by Crippen LogP contribution is 2.40. The number of sulfone groups is 1. The Morgan fingerprint density at radius 1 is 1.21 bits per heavy atom. The van der Waals surface area contributed by atoms with E-state index in [1.54, 1.807) is 47.9 Å². The fourth-order valence-corrected chi connectivity index (χ4v) is 5.29. The number of aromatic nitrogens is 1. The van der Waals surface area contributed by atoms with E-state index in [0.717, 1.165) is 16.8 Å². The second-order valence-corrected chi connectivity index (χ2v) is 8.91. The van der Waals surface area contributed by atoms with Crippen LogP contribution >= 0.6 is 0 Å². The third-order valence-corrected chi connectivity index (χ3v) is 6.80. The summed E-state index contributed by atoms with van der Waals surface area (Å²) in [5, 5.41) is 0.632. The van der Waals surface area contributed by atoms with E-state index in [2.05, 4.69) is 0 Å². The highest BCUT2D eigenvalue weighted by atomic mass is 32.2. The van der Waals surface area contributed by atoms with Gasteiger partial charge in [0.2, 0.25) is 0 Å². The Bertz CT molecular complexity index is 1270. The minimum atomic E-state index is -3.41. The number of rotatable bonds is 4. The lowest BCUT2D eigenvalue weighted by Crippen LogP contribution is -2.15. The quantitative estimate of drug-likeness (QED) is 0.609. The van der Waals surface area contributed by atoms with Crippen molar-refractivity contribution in [2.24, 2.45) is 0 Å². The number of fused-ring (bicyclic) bond motifs is 2. The van der Waals surface area contributed by atoms with E-state index < -0.39 is 15.7 Å². The predicted molar refractivity (Wildman–Crippen MR) is 109 cm³/mol.